The molecule has 0 spiro atoms. The Labute approximate surface area is 124 Å². The van der Waals surface area contributed by atoms with Crippen molar-refractivity contribution in [2.24, 2.45) is 5.92 Å². The van der Waals surface area contributed by atoms with Crippen molar-refractivity contribution in [2.75, 3.05) is 13.6 Å². The Hall–Kier alpha value is -1.91. The lowest BCUT2D eigenvalue weighted by molar-refractivity contribution is -0.141. The highest BCUT2D eigenvalue weighted by atomic mass is 19.1. The first kappa shape index (κ1) is 15.5. The molecule has 1 heterocycles. The smallest absolute Gasteiger partial charge is 0.225 e. The number of likely N-dealkylation sites (tertiary alicyclic amines) is 1. The molecular weight excluding hydrogens is 271 g/mol. The van der Waals surface area contributed by atoms with E-state index >= 15 is 0 Å². The number of carbonyl (C=O) groups is 2. The molecule has 2 amide bonds. The Bertz CT molecular complexity index is 516. The summed E-state index contributed by atoms with van der Waals surface area (Å²) in [7, 11) is 1.70. The van der Waals surface area contributed by atoms with Crippen LogP contribution in [-0.2, 0) is 9.59 Å². The van der Waals surface area contributed by atoms with E-state index in [1.54, 1.807) is 24.1 Å². The quantitative estimate of drug-likeness (QED) is 0.925. The summed E-state index contributed by atoms with van der Waals surface area (Å²) >= 11 is 0. The maximum Gasteiger partial charge on any atom is 0.225 e. The number of nitrogens with zero attached hydrogens (tertiary/aromatic N) is 1. The number of nitrogens with one attached hydrogen (secondary N) is 1. The van der Waals surface area contributed by atoms with Gasteiger partial charge in [-0.1, -0.05) is 19.1 Å². The van der Waals surface area contributed by atoms with Crippen molar-refractivity contribution in [3.63, 3.8) is 0 Å². The minimum atomic E-state index is -0.330. The van der Waals surface area contributed by atoms with E-state index in [9.17, 15) is 14.0 Å². The Balaban J connectivity index is 2.26. The van der Waals surface area contributed by atoms with Crippen LogP contribution in [0.3, 0.4) is 0 Å². The number of piperidine rings is 1. The van der Waals surface area contributed by atoms with E-state index in [1.807, 2.05) is 6.92 Å². The van der Waals surface area contributed by atoms with Crippen LogP contribution in [-0.4, -0.2) is 30.3 Å². The predicted molar refractivity (Wildman–Crippen MR) is 77.9 cm³/mol. The van der Waals surface area contributed by atoms with Crippen LogP contribution in [0, 0.1) is 11.7 Å². The van der Waals surface area contributed by atoms with E-state index in [4.69, 9.17) is 0 Å². The van der Waals surface area contributed by atoms with Crippen molar-refractivity contribution in [1.29, 1.82) is 0 Å². The van der Waals surface area contributed by atoms with Crippen LogP contribution in [0.25, 0.3) is 0 Å². The largest absolute Gasteiger partial charge is 0.356 e. The van der Waals surface area contributed by atoms with Gasteiger partial charge in [-0.15, -0.1) is 0 Å². The Morgan fingerprint density at radius 2 is 2.05 bits per heavy atom. The van der Waals surface area contributed by atoms with Gasteiger partial charge in [-0.2, -0.15) is 0 Å². The number of hydrogen-bond donors (Lipinski definition) is 1. The van der Waals surface area contributed by atoms with Gasteiger partial charge in [0.05, 0.1) is 12.0 Å². The molecule has 4 nitrogen and oxygen atoms in total. The summed E-state index contributed by atoms with van der Waals surface area (Å²) in [6, 6.07) is 5.69. The lowest BCUT2D eigenvalue weighted by Crippen LogP contribution is -2.46. The molecule has 0 saturated carbocycles. The third-order valence-electron chi connectivity index (χ3n) is 3.96. The van der Waals surface area contributed by atoms with Crippen molar-refractivity contribution in [3.05, 3.63) is 35.6 Å². The van der Waals surface area contributed by atoms with Crippen LogP contribution in [0.15, 0.2) is 24.3 Å². The van der Waals surface area contributed by atoms with Crippen LogP contribution in [0.2, 0.25) is 0 Å². The minimum Gasteiger partial charge on any atom is -0.356 e. The lowest BCUT2D eigenvalue weighted by Gasteiger charge is -2.38. The Morgan fingerprint density at radius 1 is 1.38 bits per heavy atom. The molecule has 2 atom stereocenters. The van der Waals surface area contributed by atoms with Crippen LogP contribution in [0.1, 0.15) is 37.8 Å². The lowest BCUT2D eigenvalue weighted by atomic mass is 9.84. The zero-order chi connectivity index (χ0) is 15.4. The highest BCUT2D eigenvalue weighted by Crippen LogP contribution is 2.35. The Kier molecular flexibility index (Phi) is 4.94. The molecule has 1 aliphatic rings. The van der Waals surface area contributed by atoms with Gasteiger partial charge in [-0.05, 0) is 30.5 Å². The molecular formula is C16H21FN2O2. The van der Waals surface area contributed by atoms with Gasteiger partial charge in [0.1, 0.15) is 5.82 Å². The number of rotatable bonds is 4. The average molecular weight is 292 g/mol. The first-order valence-corrected chi connectivity index (χ1v) is 7.33. The van der Waals surface area contributed by atoms with Gasteiger partial charge in [0.25, 0.3) is 0 Å². The van der Waals surface area contributed by atoms with Crippen molar-refractivity contribution in [1.82, 2.24) is 10.2 Å². The number of halogens is 1. The molecule has 1 fully saturated rings. The molecule has 21 heavy (non-hydrogen) atoms. The van der Waals surface area contributed by atoms with E-state index in [0.717, 1.165) is 12.0 Å². The van der Waals surface area contributed by atoms with Gasteiger partial charge in [0, 0.05) is 20.0 Å². The zero-order valence-electron chi connectivity index (χ0n) is 12.4. The van der Waals surface area contributed by atoms with Gasteiger partial charge in [-0.25, -0.2) is 4.39 Å². The van der Waals surface area contributed by atoms with E-state index in [1.165, 1.54) is 12.1 Å². The van der Waals surface area contributed by atoms with Crippen LogP contribution >= 0.6 is 0 Å². The van der Waals surface area contributed by atoms with E-state index in [-0.39, 0.29) is 29.6 Å². The molecule has 1 aliphatic heterocycles. The molecule has 2 rings (SSSR count). The number of amides is 2. The first-order valence-electron chi connectivity index (χ1n) is 7.33. The second-order valence-corrected chi connectivity index (χ2v) is 5.44. The second-order valence-electron chi connectivity index (χ2n) is 5.44. The summed E-state index contributed by atoms with van der Waals surface area (Å²) in [5.41, 5.74) is 0.795. The third-order valence-corrected chi connectivity index (χ3v) is 3.96. The summed E-state index contributed by atoms with van der Waals surface area (Å²) in [5.74, 6) is -0.630. The molecule has 0 aliphatic carbocycles. The fraction of sp³-hybridized carbons (Fsp3) is 0.500. The van der Waals surface area contributed by atoms with Gasteiger partial charge in [0.15, 0.2) is 0 Å². The molecule has 0 bridgehead atoms. The molecule has 1 aromatic carbocycles. The normalized spacial score (nSPS) is 22.2. The van der Waals surface area contributed by atoms with Crippen LogP contribution in [0.5, 0.6) is 0 Å². The third kappa shape index (κ3) is 3.40. The maximum atomic E-state index is 13.1. The van der Waals surface area contributed by atoms with Gasteiger partial charge in [-0.3, -0.25) is 9.59 Å². The zero-order valence-corrected chi connectivity index (χ0v) is 12.4. The van der Waals surface area contributed by atoms with Crippen molar-refractivity contribution in [3.8, 4) is 0 Å². The van der Waals surface area contributed by atoms with Crippen molar-refractivity contribution in [2.45, 2.75) is 32.2 Å². The molecule has 0 aromatic heterocycles. The monoisotopic (exact) mass is 292 g/mol. The van der Waals surface area contributed by atoms with E-state index < -0.39 is 0 Å². The fourth-order valence-electron chi connectivity index (χ4n) is 2.81. The summed E-state index contributed by atoms with van der Waals surface area (Å²) in [5, 5.41) is 2.90. The standard InChI is InChI=1S/C16H21FN2O2/c1-3-10-18-16(21)13-8-9-14(20)19(2)15(13)11-4-6-12(17)7-5-11/h4-7,13,15H,3,8-10H2,1-2H3,(H,18,21). The fourth-order valence-corrected chi connectivity index (χ4v) is 2.81. The summed E-state index contributed by atoms with van der Waals surface area (Å²) in [4.78, 5) is 25.9. The molecule has 114 valence electrons. The average Bonchev–Trinajstić information content (AvgIpc) is 2.48. The molecule has 1 saturated heterocycles. The summed E-state index contributed by atoms with van der Waals surface area (Å²) in [6.07, 6.45) is 1.77. The summed E-state index contributed by atoms with van der Waals surface area (Å²) in [6.45, 7) is 2.62. The molecule has 1 aromatic rings. The molecule has 0 radical (unpaired) electrons. The minimum absolute atomic E-state index is 0.0175. The predicted octanol–water partition coefficient (Wildman–Crippen LogP) is 2.26. The number of carbonyl (C=O) groups excluding carboxylic acids is 2. The highest BCUT2D eigenvalue weighted by Gasteiger charge is 2.38. The topological polar surface area (TPSA) is 49.4 Å². The highest BCUT2D eigenvalue weighted by molar-refractivity contribution is 5.84. The number of hydrogen-bond acceptors (Lipinski definition) is 2. The van der Waals surface area contributed by atoms with Crippen molar-refractivity contribution < 1.29 is 14.0 Å². The SMILES string of the molecule is CCCNC(=O)C1CCC(=O)N(C)C1c1ccc(F)cc1. The van der Waals surface area contributed by atoms with Gasteiger partial charge < -0.3 is 10.2 Å². The van der Waals surface area contributed by atoms with Crippen LogP contribution in [0.4, 0.5) is 4.39 Å². The Morgan fingerprint density at radius 3 is 2.67 bits per heavy atom. The first-order chi connectivity index (χ1) is 10.0. The molecule has 5 heteroatoms. The van der Waals surface area contributed by atoms with Gasteiger partial charge >= 0.3 is 0 Å². The van der Waals surface area contributed by atoms with Crippen LogP contribution < -0.4 is 5.32 Å². The second kappa shape index (κ2) is 6.70. The van der Waals surface area contributed by atoms with E-state index in [2.05, 4.69) is 5.32 Å². The van der Waals surface area contributed by atoms with E-state index in [0.29, 0.717) is 19.4 Å². The summed E-state index contributed by atoms with van der Waals surface area (Å²) < 4.78 is 13.1. The van der Waals surface area contributed by atoms with Gasteiger partial charge in [0.2, 0.25) is 11.8 Å². The molecule has 2 unspecified atom stereocenters. The molecule has 1 N–H and O–H groups in total. The van der Waals surface area contributed by atoms with Crippen molar-refractivity contribution >= 4 is 11.8 Å². The maximum absolute atomic E-state index is 13.1. The number of benzene rings is 1.